The first-order chi connectivity index (χ1) is 7.74. The van der Waals surface area contributed by atoms with Crippen LogP contribution in [-0.4, -0.2) is 23.4 Å². The molecule has 1 heterocycles. The Balaban J connectivity index is 2.06. The molecule has 0 saturated carbocycles. The number of rotatable bonds is 2. The molecule has 0 spiro atoms. The lowest BCUT2D eigenvalue weighted by atomic mass is 10.3. The molecule has 0 saturated heterocycles. The summed E-state index contributed by atoms with van der Waals surface area (Å²) in [7, 11) is 0. The molecule has 1 aromatic carbocycles. The summed E-state index contributed by atoms with van der Waals surface area (Å²) < 4.78 is 0. The van der Waals surface area contributed by atoms with Crippen LogP contribution in [0.5, 0.6) is 0 Å². The zero-order valence-corrected chi connectivity index (χ0v) is 9.80. The number of hydrogen-bond acceptors (Lipinski definition) is 4. The molecule has 16 heavy (non-hydrogen) atoms. The normalized spacial score (nSPS) is 14.4. The highest BCUT2D eigenvalue weighted by molar-refractivity contribution is 8.14. The number of aliphatic imine (C=N–C) groups is 1. The van der Waals surface area contributed by atoms with E-state index in [0.29, 0.717) is 0 Å². The molecular formula is C11H13N3OS. The van der Waals surface area contributed by atoms with Gasteiger partial charge in [0.2, 0.25) is 5.91 Å². The number of carbonyl (C=O) groups is 1. The van der Waals surface area contributed by atoms with Gasteiger partial charge < -0.3 is 10.6 Å². The van der Waals surface area contributed by atoms with Crippen molar-refractivity contribution < 1.29 is 4.79 Å². The lowest BCUT2D eigenvalue weighted by Gasteiger charge is -2.07. The Morgan fingerprint density at radius 3 is 2.94 bits per heavy atom. The zero-order valence-electron chi connectivity index (χ0n) is 8.99. The highest BCUT2D eigenvalue weighted by Gasteiger charge is 2.07. The molecule has 4 nitrogen and oxygen atoms in total. The molecule has 1 aromatic rings. The van der Waals surface area contributed by atoms with Crippen molar-refractivity contribution in [2.45, 2.75) is 6.92 Å². The minimum absolute atomic E-state index is 0.0651. The number of thioether (sulfide) groups is 1. The van der Waals surface area contributed by atoms with Crippen LogP contribution in [0.2, 0.25) is 0 Å². The Morgan fingerprint density at radius 2 is 2.25 bits per heavy atom. The first-order valence-electron chi connectivity index (χ1n) is 5.06. The van der Waals surface area contributed by atoms with Gasteiger partial charge in [-0.2, -0.15) is 0 Å². The van der Waals surface area contributed by atoms with Gasteiger partial charge in [0.15, 0.2) is 5.17 Å². The third kappa shape index (κ3) is 3.00. The maximum absolute atomic E-state index is 10.9. The van der Waals surface area contributed by atoms with Crippen LogP contribution in [0.25, 0.3) is 0 Å². The first kappa shape index (κ1) is 11.0. The third-order valence-electron chi connectivity index (χ3n) is 2.02. The average Bonchev–Trinajstić information content (AvgIpc) is 2.70. The summed E-state index contributed by atoms with van der Waals surface area (Å²) in [5.74, 6) is 0.970. The van der Waals surface area contributed by atoms with Crippen LogP contribution in [-0.2, 0) is 4.79 Å². The molecule has 0 atom stereocenters. The fraction of sp³-hybridized carbons (Fsp3) is 0.273. The van der Waals surface area contributed by atoms with Crippen molar-refractivity contribution in [2.24, 2.45) is 4.99 Å². The van der Waals surface area contributed by atoms with Crippen molar-refractivity contribution >= 4 is 34.2 Å². The number of hydrogen-bond donors (Lipinski definition) is 2. The summed E-state index contributed by atoms with van der Waals surface area (Å²) >= 11 is 1.71. The predicted octanol–water partition coefficient (Wildman–Crippen LogP) is 2.16. The van der Waals surface area contributed by atoms with Gasteiger partial charge in [-0.1, -0.05) is 17.8 Å². The van der Waals surface area contributed by atoms with Gasteiger partial charge in [0, 0.05) is 24.1 Å². The Bertz CT molecular complexity index is 431. The highest BCUT2D eigenvalue weighted by atomic mass is 32.2. The quantitative estimate of drug-likeness (QED) is 0.826. The van der Waals surface area contributed by atoms with E-state index in [1.54, 1.807) is 11.8 Å². The van der Waals surface area contributed by atoms with Gasteiger partial charge in [-0.3, -0.25) is 9.79 Å². The van der Waals surface area contributed by atoms with E-state index in [0.717, 1.165) is 28.8 Å². The summed E-state index contributed by atoms with van der Waals surface area (Å²) in [5, 5.41) is 6.91. The molecule has 84 valence electrons. The number of amides is 1. The van der Waals surface area contributed by atoms with E-state index in [4.69, 9.17) is 0 Å². The molecule has 5 heteroatoms. The van der Waals surface area contributed by atoms with Gasteiger partial charge >= 0.3 is 0 Å². The molecule has 0 aliphatic carbocycles. The van der Waals surface area contributed by atoms with Crippen LogP contribution in [0.4, 0.5) is 11.4 Å². The summed E-state index contributed by atoms with van der Waals surface area (Å²) in [6.07, 6.45) is 0. The van der Waals surface area contributed by atoms with Gasteiger partial charge in [-0.05, 0) is 18.2 Å². The van der Waals surface area contributed by atoms with Crippen LogP contribution >= 0.6 is 11.8 Å². The number of nitrogens with zero attached hydrogens (tertiary/aromatic N) is 1. The van der Waals surface area contributed by atoms with E-state index < -0.39 is 0 Å². The second-order valence-electron chi connectivity index (χ2n) is 3.42. The lowest BCUT2D eigenvalue weighted by molar-refractivity contribution is -0.114. The van der Waals surface area contributed by atoms with Crippen LogP contribution < -0.4 is 10.6 Å². The Labute approximate surface area is 98.5 Å². The van der Waals surface area contributed by atoms with Crippen molar-refractivity contribution in [3.63, 3.8) is 0 Å². The largest absolute Gasteiger partial charge is 0.335 e. The molecule has 0 radical (unpaired) electrons. The second-order valence-corrected chi connectivity index (χ2v) is 4.51. The van der Waals surface area contributed by atoms with E-state index in [9.17, 15) is 4.79 Å². The zero-order chi connectivity index (χ0) is 11.4. The van der Waals surface area contributed by atoms with Gasteiger partial charge in [0.1, 0.15) is 0 Å². The SMILES string of the molecule is CC(=O)Nc1cccc(NC2=NCCS2)c1. The van der Waals surface area contributed by atoms with Crippen molar-refractivity contribution in [3.05, 3.63) is 24.3 Å². The number of nitrogens with one attached hydrogen (secondary N) is 2. The van der Waals surface area contributed by atoms with E-state index in [1.165, 1.54) is 6.92 Å². The van der Waals surface area contributed by atoms with Crippen molar-refractivity contribution in [2.75, 3.05) is 22.9 Å². The molecule has 0 aromatic heterocycles. The maximum Gasteiger partial charge on any atom is 0.221 e. The monoisotopic (exact) mass is 235 g/mol. The fourth-order valence-corrected chi connectivity index (χ4v) is 2.16. The van der Waals surface area contributed by atoms with Crippen molar-refractivity contribution in [3.8, 4) is 0 Å². The van der Waals surface area contributed by atoms with E-state index in [1.807, 2.05) is 24.3 Å². The summed E-state index contributed by atoms with van der Waals surface area (Å²) in [6, 6.07) is 7.60. The van der Waals surface area contributed by atoms with Crippen LogP contribution in [0.1, 0.15) is 6.92 Å². The lowest BCUT2D eigenvalue weighted by Crippen LogP contribution is -2.08. The second kappa shape index (κ2) is 5.03. The molecule has 1 amide bonds. The first-order valence-corrected chi connectivity index (χ1v) is 6.04. The van der Waals surface area contributed by atoms with Crippen molar-refractivity contribution in [1.82, 2.24) is 0 Å². The third-order valence-corrected chi connectivity index (χ3v) is 2.91. The summed E-state index contributed by atoms with van der Waals surface area (Å²) in [6.45, 7) is 2.37. The van der Waals surface area contributed by atoms with Crippen LogP contribution in [0.3, 0.4) is 0 Å². The van der Waals surface area contributed by atoms with Gasteiger partial charge in [-0.15, -0.1) is 0 Å². The Kier molecular flexibility index (Phi) is 3.46. The molecular weight excluding hydrogens is 222 g/mol. The number of amidine groups is 1. The summed E-state index contributed by atoms with van der Waals surface area (Å²) in [5.41, 5.74) is 1.74. The maximum atomic E-state index is 10.9. The summed E-state index contributed by atoms with van der Waals surface area (Å²) in [4.78, 5) is 15.2. The number of carbonyl (C=O) groups excluding carboxylic acids is 1. The van der Waals surface area contributed by atoms with Crippen LogP contribution in [0.15, 0.2) is 29.3 Å². The van der Waals surface area contributed by atoms with Crippen LogP contribution in [0, 0.1) is 0 Å². The van der Waals surface area contributed by atoms with Gasteiger partial charge in [0.25, 0.3) is 0 Å². The molecule has 2 N–H and O–H groups in total. The van der Waals surface area contributed by atoms with E-state index >= 15 is 0 Å². The molecule has 0 bridgehead atoms. The molecule has 0 unspecified atom stereocenters. The topological polar surface area (TPSA) is 53.5 Å². The Morgan fingerprint density at radius 1 is 1.44 bits per heavy atom. The standard InChI is InChI=1S/C11H13N3OS/c1-8(15)13-9-3-2-4-10(7-9)14-11-12-5-6-16-11/h2-4,7H,5-6H2,1H3,(H,12,14)(H,13,15). The van der Waals surface area contributed by atoms with Crippen molar-refractivity contribution in [1.29, 1.82) is 0 Å². The molecule has 0 fully saturated rings. The minimum atomic E-state index is -0.0651. The minimum Gasteiger partial charge on any atom is -0.335 e. The number of anilines is 2. The fourth-order valence-electron chi connectivity index (χ4n) is 1.41. The smallest absolute Gasteiger partial charge is 0.221 e. The highest BCUT2D eigenvalue weighted by Crippen LogP contribution is 2.19. The van der Waals surface area contributed by atoms with Gasteiger partial charge in [-0.25, -0.2) is 0 Å². The molecule has 1 aliphatic rings. The average molecular weight is 235 g/mol. The van der Waals surface area contributed by atoms with Gasteiger partial charge in [0.05, 0.1) is 6.54 Å². The van der Waals surface area contributed by atoms with E-state index in [2.05, 4.69) is 15.6 Å². The number of benzene rings is 1. The van der Waals surface area contributed by atoms with E-state index in [-0.39, 0.29) is 5.91 Å². The Hall–Kier alpha value is -1.49. The predicted molar refractivity (Wildman–Crippen MR) is 69.1 cm³/mol. The molecule has 1 aliphatic heterocycles. The molecule has 2 rings (SSSR count).